The van der Waals surface area contributed by atoms with Crippen molar-refractivity contribution < 1.29 is 14.7 Å². The predicted molar refractivity (Wildman–Crippen MR) is 107 cm³/mol. The molecule has 0 fully saturated rings. The van der Waals surface area contributed by atoms with Crippen molar-refractivity contribution in [2.24, 2.45) is 0 Å². The lowest BCUT2D eigenvalue weighted by Crippen LogP contribution is -2.50. The van der Waals surface area contributed by atoms with Crippen LogP contribution in [0.5, 0.6) is 0 Å². The molecule has 1 N–H and O–H groups in total. The summed E-state index contributed by atoms with van der Waals surface area (Å²) in [6, 6.07) is 20.6. The van der Waals surface area contributed by atoms with E-state index in [-0.39, 0.29) is 0 Å². The van der Waals surface area contributed by atoms with E-state index < -0.39 is 17.4 Å². The Morgan fingerprint density at radius 2 is 1.70 bits per heavy atom. The highest BCUT2D eigenvalue weighted by atomic mass is 79.9. The third kappa shape index (κ3) is 2.71. The Morgan fingerprint density at radius 3 is 2.41 bits per heavy atom. The number of carbonyl (C=O) groups is 2. The SMILES string of the molecule is Cc1cccc(C(=O)[C@]2(O)c3ccccc3C(=O)N2c2ccc(Br)cc2)c1. The number of hydrogen-bond donors (Lipinski definition) is 1. The summed E-state index contributed by atoms with van der Waals surface area (Å²) in [5, 5.41) is 11.7. The van der Waals surface area contributed by atoms with Crippen molar-refractivity contribution in [1.82, 2.24) is 0 Å². The Labute approximate surface area is 165 Å². The van der Waals surface area contributed by atoms with E-state index in [1.165, 1.54) is 4.90 Å². The summed E-state index contributed by atoms with van der Waals surface area (Å²) in [7, 11) is 0. The first-order valence-electron chi connectivity index (χ1n) is 8.46. The summed E-state index contributed by atoms with van der Waals surface area (Å²) >= 11 is 3.37. The number of amides is 1. The van der Waals surface area contributed by atoms with Gasteiger partial charge in [-0.15, -0.1) is 0 Å². The first-order chi connectivity index (χ1) is 12.9. The first-order valence-corrected chi connectivity index (χ1v) is 9.25. The number of rotatable bonds is 3. The van der Waals surface area contributed by atoms with Crippen LogP contribution in [-0.4, -0.2) is 16.8 Å². The minimum atomic E-state index is -2.10. The minimum Gasteiger partial charge on any atom is -0.360 e. The fourth-order valence-electron chi connectivity index (χ4n) is 3.47. The molecule has 0 saturated heterocycles. The molecule has 134 valence electrons. The normalized spacial score (nSPS) is 18.5. The zero-order valence-corrected chi connectivity index (χ0v) is 16.1. The molecular weight excluding hydrogens is 406 g/mol. The molecule has 4 rings (SSSR count). The molecule has 1 aliphatic rings. The largest absolute Gasteiger partial charge is 0.360 e. The van der Waals surface area contributed by atoms with E-state index >= 15 is 0 Å². The van der Waals surface area contributed by atoms with Crippen molar-refractivity contribution >= 4 is 33.3 Å². The van der Waals surface area contributed by atoms with Gasteiger partial charge in [0.2, 0.25) is 11.5 Å². The quantitative estimate of drug-likeness (QED) is 0.635. The molecule has 1 heterocycles. The van der Waals surface area contributed by atoms with Crippen LogP contribution in [0.2, 0.25) is 0 Å². The second-order valence-corrected chi connectivity index (χ2v) is 7.45. The molecule has 1 amide bonds. The number of anilines is 1. The number of fused-ring (bicyclic) bond motifs is 1. The molecule has 0 aromatic heterocycles. The zero-order chi connectivity index (χ0) is 19.2. The fourth-order valence-corrected chi connectivity index (χ4v) is 3.73. The number of nitrogens with zero attached hydrogens (tertiary/aromatic N) is 1. The smallest absolute Gasteiger partial charge is 0.261 e. The van der Waals surface area contributed by atoms with Gasteiger partial charge in [0.1, 0.15) is 0 Å². The van der Waals surface area contributed by atoms with Gasteiger partial charge in [-0.2, -0.15) is 0 Å². The molecule has 1 aliphatic heterocycles. The van der Waals surface area contributed by atoms with Gasteiger partial charge >= 0.3 is 0 Å². The Bertz CT molecular complexity index is 1060. The van der Waals surface area contributed by atoms with E-state index in [0.29, 0.717) is 22.4 Å². The predicted octanol–water partition coefficient (Wildman–Crippen LogP) is 4.45. The summed E-state index contributed by atoms with van der Waals surface area (Å²) in [6.45, 7) is 1.88. The topological polar surface area (TPSA) is 57.6 Å². The van der Waals surface area contributed by atoms with Crippen molar-refractivity contribution in [3.05, 3.63) is 99.5 Å². The number of benzene rings is 3. The van der Waals surface area contributed by atoms with Gasteiger partial charge in [-0.05, 0) is 43.3 Å². The van der Waals surface area contributed by atoms with Crippen LogP contribution in [-0.2, 0) is 5.72 Å². The van der Waals surface area contributed by atoms with Gasteiger partial charge in [0.15, 0.2) is 0 Å². The molecular formula is C22H16BrNO3. The molecule has 0 aliphatic carbocycles. The number of halogens is 1. The fraction of sp³-hybridized carbons (Fsp3) is 0.0909. The van der Waals surface area contributed by atoms with E-state index in [1.54, 1.807) is 66.7 Å². The summed E-state index contributed by atoms with van der Waals surface area (Å²) < 4.78 is 0.837. The molecule has 0 saturated carbocycles. The van der Waals surface area contributed by atoms with E-state index in [9.17, 15) is 14.7 Å². The van der Waals surface area contributed by atoms with Gasteiger partial charge in [-0.1, -0.05) is 57.9 Å². The molecule has 0 radical (unpaired) electrons. The van der Waals surface area contributed by atoms with Gasteiger partial charge in [-0.25, -0.2) is 0 Å². The molecule has 5 heteroatoms. The molecule has 4 nitrogen and oxygen atoms in total. The molecule has 27 heavy (non-hydrogen) atoms. The van der Waals surface area contributed by atoms with Gasteiger partial charge in [0.25, 0.3) is 5.91 Å². The number of aryl methyl sites for hydroxylation is 1. The summed E-state index contributed by atoms with van der Waals surface area (Å²) in [5.74, 6) is -0.941. The van der Waals surface area contributed by atoms with Crippen molar-refractivity contribution in [3.63, 3.8) is 0 Å². The maximum absolute atomic E-state index is 13.4. The van der Waals surface area contributed by atoms with Crippen LogP contribution in [0.15, 0.2) is 77.3 Å². The van der Waals surface area contributed by atoms with Crippen LogP contribution in [0.25, 0.3) is 0 Å². The van der Waals surface area contributed by atoms with E-state index in [1.807, 2.05) is 13.0 Å². The lowest BCUT2D eigenvalue weighted by molar-refractivity contribution is 0.0314. The average molecular weight is 422 g/mol. The van der Waals surface area contributed by atoms with Crippen molar-refractivity contribution in [1.29, 1.82) is 0 Å². The third-order valence-electron chi connectivity index (χ3n) is 4.74. The highest BCUT2D eigenvalue weighted by Gasteiger charge is 2.54. The molecule has 1 atom stereocenters. The minimum absolute atomic E-state index is 0.296. The molecule has 0 bridgehead atoms. The summed E-state index contributed by atoms with van der Waals surface area (Å²) in [4.78, 5) is 27.7. The second-order valence-electron chi connectivity index (χ2n) is 6.53. The van der Waals surface area contributed by atoms with E-state index in [4.69, 9.17) is 0 Å². The lowest BCUT2D eigenvalue weighted by atomic mass is 9.92. The Hall–Kier alpha value is -2.76. The van der Waals surface area contributed by atoms with Gasteiger partial charge in [-0.3, -0.25) is 14.5 Å². The Morgan fingerprint density at radius 1 is 1.00 bits per heavy atom. The zero-order valence-electron chi connectivity index (χ0n) is 14.5. The van der Waals surface area contributed by atoms with Crippen molar-refractivity contribution in [2.75, 3.05) is 4.90 Å². The number of hydrogen-bond acceptors (Lipinski definition) is 3. The monoisotopic (exact) mass is 421 g/mol. The van der Waals surface area contributed by atoms with Crippen LogP contribution >= 0.6 is 15.9 Å². The summed E-state index contributed by atoms with van der Waals surface area (Å²) in [6.07, 6.45) is 0. The number of Topliss-reactive ketones (excluding diaryl/α,β-unsaturated/α-hetero) is 1. The maximum atomic E-state index is 13.4. The molecule has 0 spiro atoms. The summed E-state index contributed by atoms with van der Waals surface area (Å²) in [5.41, 5.74) is 0.215. The van der Waals surface area contributed by atoms with Crippen LogP contribution < -0.4 is 4.90 Å². The van der Waals surface area contributed by atoms with Gasteiger partial charge in [0, 0.05) is 26.9 Å². The van der Waals surface area contributed by atoms with Crippen molar-refractivity contribution in [3.8, 4) is 0 Å². The average Bonchev–Trinajstić information content (AvgIpc) is 2.91. The highest BCUT2D eigenvalue weighted by molar-refractivity contribution is 9.10. The van der Waals surface area contributed by atoms with Crippen LogP contribution in [0, 0.1) is 6.92 Å². The molecule has 3 aromatic rings. The van der Waals surface area contributed by atoms with Crippen LogP contribution in [0.3, 0.4) is 0 Å². The standard InChI is InChI=1S/C22H16BrNO3/c1-14-5-4-6-15(13-14)20(25)22(27)19-8-3-2-7-18(19)21(26)24(22)17-11-9-16(23)10-12-17/h2-13,27H,1H3/t22-/m1/s1. The molecule has 0 unspecified atom stereocenters. The number of aliphatic hydroxyl groups is 1. The lowest BCUT2D eigenvalue weighted by Gasteiger charge is -2.33. The Balaban J connectivity index is 1.94. The number of ketones is 1. The van der Waals surface area contributed by atoms with Crippen molar-refractivity contribution in [2.45, 2.75) is 12.6 Å². The van der Waals surface area contributed by atoms with Gasteiger partial charge in [0.05, 0.1) is 0 Å². The second kappa shape index (κ2) is 6.44. The van der Waals surface area contributed by atoms with Crippen LogP contribution in [0.1, 0.15) is 31.8 Å². The van der Waals surface area contributed by atoms with E-state index in [0.717, 1.165) is 10.0 Å². The Kier molecular flexibility index (Phi) is 4.21. The van der Waals surface area contributed by atoms with E-state index in [2.05, 4.69) is 15.9 Å². The third-order valence-corrected chi connectivity index (χ3v) is 5.27. The maximum Gasteiger partial charge on any atom is 0.261 e. The molecule has 3 aromatic carbocycles. The number of carbonyl (C=O) groups excluding carboxylic acids is 2. The first kappa shape index (κ1) is 17.6. The highest BCUT2D eigenvalue weighted by Crippen LogP contribution is 2.42. The van der Waals surface area contributed by atoms with Crippen LogP contribution in [0.4, 0.5) is 5.69 Å². The van der Waals surface area contributed by atoms with Gasteiger partial charge < -0.3 is 5.11 Å².